The lowest BCUT2D eigenvalue weighted by molar-refractivity contribution is -0.139. The molecule has 0 rings (SSSR count). The molecule has 4 nitrogen and oxygen atoms in total. The number of ether oxygens (including phenoxy) is 1. The van der Waals surface area contributed by atoms with Crippen molar-refractivity contribution in [3.63, 3.8) is 0 Å². The van der Waals surface area contributed by atoms with Crippen molar-refractivity contribution in [1.29, 1.82) is 0 Å². The predicted octanol–water partition coefficient (Wildman–Crippen LogP) is 1.39. The molecule has 0 fully saturated rings. The molecule has 4 heteroatoms. The third-order valence-electron chi connectivity index (χ3n) is 1.34. The van der Waals surface area contributed by atoms with Gasteiger partial charge in [0.2, 0.25) is 0 Å². The van der Waals surface area contributed by atoms with E-state index in [2.05, 4.69) is 17.9 Å². The van der Waals surface area contributed by atoms with E-state index in [0.29, 0.717) is 6.61 Å². The number of hydrogen-bond donors (Lipinski definition) is 2. The van der Waals surface area contributed by atoms with Crippen LogP contribution in [0.1, 0.15) is 13.8 Å². The molecule has 0 bridgehead atoms. The van der Waals surface area contributed by atoms with Crippen LogP contribution >= 0.6 is 0 Å². The highest BCUT2D eigenvalue weighted by atomic mass is 16.5. The molecule has 0 aromatic rings. The molecule has 0 radical (unpaired) electrons. The number of rotatable bonds is 5. The van der Waals surface area contributed by atoms with Crippen molar-refractivity contribution in [2.75, 3.05) is 6.61 Å². The molecule has 0 spiro atoms. The Hall–Kier alpha value is -1.29. The maximum Gasteiger partial charge on any atom is 0.320 e. The van der Waals surface area contributed by atoms with Crippen LogP contribution in [0.15, 0.2) is 25.5 Å². The van der Waals surface area contributed by atoms with Gasteiger partial charge in [-0.3, -0.25) is 4.79 Å². The Morgan fingerprint density at radius 1 is 1.57 bits per heavy atom. The van der Waals surface area contributed by atoms with E-state index in [1.165, 1.54) is 6.26 Å². The van der Waals surface area contributed by atoms with E-state index in [1.54, 1.807) is 19.9 Å². The first-order valence-corrected chi connectivity index (χ1v) is 4.29. The Balaban J connectivity index is 0. The zero-order valence-corrected chi connectivity index (χ0v) is 8.77. The fourth-order valence-corrected chi connectivity index (χ4v) is 0.421. The number of carboxylic acids is 1. The van der Waals surface area contributed by atoms with Crippen molar-refractivity contribution in [2.45, 2.75) is 19.9 Å². The first-order chi connectivity index (χ1) is 6.47. The Bertz CT molecular complexity index is 170. The molecule has 0 aromatic heterocycles. The minimum atomic E-state index is -0.931. The quantitative estimate of drug-likeness (QED) is 0.400. The van der Waals surface area contributed by atoms with Gasteiger partial charge in [-0.25, -0.2) is 0 Å². The van der Waals surface area contributed by atoms with E-state index in [9.17, 15) is 4.79 Å². The summed E-state index contributed by atoms with van der Waals surface area (Å²) in [6.45, 7) is 10.9. The van der Waals surface area contributed by atoms with Gasteiger partial charge < -0.3 is 15.6 Å². The molecule has 0 unspecified atom stereocenters. The second kappa shape index (κ2) is 9.80. The van der Waals surface area contributed by atoms with Crippen molar-refractivity contribution in [3.8, 4) is 0 Å². The number of aliphatic carboxylic acids is 1. The van der Waals surface area contributed by atoms with E-state index in [4.69, 9.17) is 10.8 Å². The van der Waals surface area contributed by atoms with Crippen molar-refractivity contribution < 1.29 is 14.6 Å². The Kier molecular flexibility index (Phi) is 10.6. The smallest absolute Gasteiger partial charge is 0.320 e. The van der Waals surface area contributed by atoms with E-state index in [0.717, 1.165) is 0 Å². The van der Waals surface area contributed by atoms with Gasteiger partial charge in [0.05, 0.1) is 6.26 Å². The van der Waals surface area contributed by atoms with Crippen LogP contribution in [0.25, 0.3) is 0 Å². The number of hydrogen-bond acceptors (Lipinski definition) is 3. The van der Waals surface area contributed by atoms with Crippen LogP contribution in [0.5, 0.6) is 0 Å². The molecule has 14 heavy (non-hydrogen) atoms. The highest BCUT2D eigenvalue weighted by molar-refractivity contribution is 5.73. The fourth-order valence-electron chi connectivity index (χ4n) is 0.421. The summed E-state index contributed by atoms with van der Waals surface area (Å²) in [7, 11) is 0. The van der Waals surface area contributed by atoms with Gasteiger partial charge in [0.15, 0.2) is 0 Å². The Morgan fingerprint density at radius 3 is 2.14 bits per heavy atom. The van der Waals surface area contributed by atoms with Gasteiger partial charge >= 0.3 is 5.97 Å². The van der Waals surface area contributed by atoms with Crippen LogP contribution in [-0.4, -0.2) is 23.7 Å². The van der Waals surface area contributed by atoms with E-state index >= 15 is 0 Å². The van der Waals surface area contributed by atoms with Crippen molar-refractivity contribution >= 4 is 5.97 Å². The first-order valence-electron chi connectivity index (χ1n) is 4.29. The molecule has 0 heterocycles. The molecule has 0 saturated carbocycles. The lowest BCUT2D eigenvalue weighted by Gasteiger charge is -2.07. The molecule has 0 aromatic carbocycles. The normalized spacial score (nSPS) is 10.9. The van der Waals surface area contributed by atoms with Gasteiger partial charge in [0, 0.05) is 0 Å². The highest BCUT2D eigenvalue weighted by Gasteiger charge is 2.14. The standard InChI is InChI=1S/C5H11NO2.C5H8O/c1-3(2)4(6)5(7)8;1-3-5-6-4-2/h3-4H,6H2,1-2H3,(H,7,8);3-4H,1-2,5H2/t4-;/m0./s1. The minimum Gasteiger partial charge on any atom is -0.498 e. The minimum absolute atomic E-state index is 0.0208. The van der Waals surface area contributed by atoms with Gasteiger partial charge in [0.25, 0.3) is 0 Å². The molecule has 0 aliphatic heterocycles. The van der Waals surface area contributed by atoms with Gasteiger partial charge in [-0.05, 0) is 5.92 Å². The number of carboxylic acid groups (broad SMARTS) is 1. The van der Waals surface area contributed by atoms with Gasteiger partial charge in [0.1, 0.15) is 12.6 Å². The molecular weight excluding hydrogens is 182 g/mol. The third kappa shape index (κ3) is 10.7. The molecule has 3 N–H and O–H groups in total. The molecule has 1 atom stereocenters. The summed E-state index contributed by atoms with van der Waals surface area (Å²) in [6, 6.07) is -0.713. The van der Waals surface area contributed by atoms with Gasteiger partial charge in [-0.1, -0.05) is 33.1 Å². The number of nitrogens with two attached hydrogens (primary N) is 1. The lowest BCUT2D eigenvalue weighted by atomic mass is 10.1. The lowest BCUT2D eigenvalue weighted by Crippen LogP contribution is -2.34. The van der Waals surface area contributed by atoms with Crippen molar-refractivity contribution in [1.82, 2.24) is 0 Å². The first kappa shape index (κ1) is 15.2. The average molecular weight is 201 g/mol. The zero-order valence-electron chi connectivity index (χ0n) is 8.77. The summed E-state index contributed by atoms with van der Waals surface area (Å²) in [5.74, 6) is -0.910. The van der Waals surface area contributed by atoms with E-state index in [-0.39, 0.29) is 5.92 Å². The van der Waals surface area contributed by atoms with Crippen LogP contribution < -0.4 is 5.73 Å². The van der Waals surface area contributed by atoms with E-state index < -0.39 is 12.0 Å². The molecule has 0 aliphatic carbocycles. The predicted molar refractivity (Wildman–Crippen MR) is 56.8 cm³/mol. The molecule has 0 aliphatic rings. The second-order valence-corrected chi connectivity index (χ2v) is 2.90. The van der Waals surface area contributed by atoms with Crippen molar-refractivity contribution in [2.24, 2.45) is 11.7 Å². The highest BCUT2D eigenvalue weighted by Crippen LogP contribution is 1.96. The summed E-state index contributed by atoms with van der Waals surface area (Å²) in [6.07, 6.45) is 3.06. The van der Waals surface area contributed by atoms with Gasteiger partial charge in [-0.15, -0.1) is 0 Å². The maximum absolute atomic E-state index is 10.0. The average Bonchev–Trinajstić information content (AvgIpc) is 2.14. The zero-order chi connectivity index (χ0) is 11.6. The van der Waals surface area contributed by atoms with Gasteiger partial charge in [-0.2, -0.15) is 0 Å². The van der Waals surface area contributed by atoms with Crippen LogP contribution in [0.4, 0.5) is 0 Å². The SMILES string of the molecule is C=CCOC=C.CC(C)[C@H](N)C(=O)O. The molecule has 0 amide bonds. The third-order valence-corrected chi connectivity index (χ3v) is 1.34. The largest absolute Gasteiger partial charge is 0.498 e. The Labute approximate surface area is 85.1 Å². The molecular formula is C10H19NO3. The number of carbonyl (C=O) groups is 1. The van der Waals surface area contributed by atoms with Crippen LogP contribution in [0.3, 0.4) is 0 Å². The summed E-state index contributed by atoms with van der Waals surface area (Å²) >= 11 is 0. The monoisotopic (exact) mass is 201 g/mol. The summed E-state index contributed by atoms with van der Waals surface area (Å²) in [5.41, 5.74) is 5.16. The molecule has 82 valence electrons. The molecule has 0 saturated heterocycles. The van der Waals surface area contributed by atoms with Crippen LogP contribution in [0.2, 0.25) is 0 Å². The fraction of sp³-hybridized carbons (Fsp3) is 0.500. The summed E-state index contributed by atoms with van der Waals surface area (Å²) in [5, 5.41) is 8.23. The Morgan fingerprint density at radius 2 is 2.07 bits per heavy atom. The second-order valence-electron chi connectivity index (χ2n) is 2.90. The van der Waals surface area contributed by atoms with Crippen molar-refractivity contribution in [3.05, 3.63) is 25.5 Å². The topological polar surface area (TPSA) is 72.5 Å². The maximum atomic E-state index is 10.0. The van der Waals surface area contributed by atoms with Crippen LogP contribution in [-0.2, 0) is 9.53 Å². The summed E-state index contributed by atoms with van der Waals surface area (Å²) < 4.78 is 4.63. The van der Waals surface area contributed by atoms with Crippen LogP contribution in [0, 0.1) is 5.92 Å². The summed E-state index contributed by atoms with van der Waals surface area (Å²) in [4.78, 5) is 10.0. The van der Waals surface area contributed by atoms with E-state index in [1.807, 2.05) is 0 Å².